The zero-order valence-corrected chi connectivity index (χ0v) is 11.6. The summed E-state index contributed by atoms with van der Waals surface area (Å²) < 4.78 is 11.3. The average molecular weight is 265 g/mol. The van der Waals surface area contributed by atoms with E-state index in [4.69, 9.17) is 15.2 Å². The number of nitrogens with two attached hydrogens (primary N) is 1. The van der Waals surface area contributed by atoms with Gasteiger partial charge in [-0.3, -0.25) is 0 Å². The molecule has 1 unspecified atom stereocenters. The van der Waals surface area contributed by atoms with Crippen LogP contribution in [0.5, 0.6) is 0 Å². The normalized spacial score (nSPS) is 41.0. The van der Waals surface area contributed by atoms with E-state index in [9.17, 15) is 4.79 Å². The van der Waals surface area contributed by atoms with Gasteiger partial charge in [0.1, 0.15) is 5.70 Å². The molecule has 0 aromatic rings. The van der Waals surface area contributed by atoms with Crippen LogP contribution in [0.1, 0.15) is 45.4 Å². The van der Waals surface area contributed by atoms with Crippen LogP contribution in [0.2, 0.25) is 0 Å². The Kier molecular flexibility index (Phi) is 3.08. The number of carbonyl (C=O) groups excluding carboxylic acids is 1. The second kappa shape index (κ2) is 4.51. The fourth-order valence-corrected chi connectivity index (χ4v) is 4.78. The molecule has 0 heterocycles. The molecule has 0 aliphatic heterocycles. The Hall–Kier alpha value is -1.03. The number of rotatable bonds is 4. The monoisotopic (exact) mass is 265 g/mol. The third-order valence-electron chi connectivity index (χ3n) is 4.93. The molecule has 4 bridgehead atoms. The quantitative estimate of drug-likeness (QED) is 0.481. The summed E-state index contributed by atoms with van der Waals surface area (Å²) in [4.78, 5) is 11.4. The molecule has 4 saturated carbocycles. The average Bonchev–Trinajstić information content (AvgIpc) is 2.25. The van der Waals surface area contributed by atoms with Crippen molar-refractivity contribution in [3.8, 4) is 0 Å². The number of hydrogen-bond donors (Lipinski definition) is 1. The third kappa shape index (κ3) is 2.50. The lowest BCUT2D eigenvalue weighted by molar-refractivity contribution is -0.243. The Morgan fingerprint density at radius 2 is 1.68 bits per heavy atom. The van der Waals surface area contributed by atoms with Gasteiger partial charge in [0.05, 0.1) is 5.60 Å². The topological polar surface area (TPSA) is 61.6 Å². The van der Waals surface area contributed by atoms with Crippen molar-refractivity contribution in [2.45, 2.75) is 57.3 Å². The molecule has 4 nitrogen and oxygen atoms in total. The Morgan fingerprint density at radius 3 is 2.11 bits per heavy atom. The maximum Gasteiger partial charge on any atom is 0.355 e. The summed E-state index contributed by atoms with van der Waals surface area (Å²) in [5.74, 6) is 1.88. The van der Waals surface area contributed by atoms with Crippen LogP contribution in [0.3, 0.4) is 0 Å². The number of ether oxygens (including phenoxy) is 2. The van der Waals surface area contributed by atoms with Gasteiger partial charge in [0, 0.05) is 0 Å². The van der Waals surface area contributed by atoms with Gasteiger partial charge in [0.25, 0.3) is 0 Å². The highest BCUT2D eigenvalue weighted by Crippen LogP contribution is 2.57. The summed E-state index contributed by atoms with van der Waals surface area (Å²) in [6.45, 7) is 5.16. The van der Waals surface area contributed by atoms with Gasteiger partial charge in [-0.1, -0.05) is 6.58 Å². The van der Waals surface area contributed by atoms with Crippen LogP contribution in [0.4, 0.5) is 0 Å². The molecule has 0 aromatic heterocycles. The molecule has 0 radical (unpaired) electrons. The zero-order chi connectivity index (χ0) is 13.6. The Labute approximate surface area is 114 Å². The molecule has 0 aromatic carbocycles. The van der Waals surface area contributed by atoms with E-state index in [1.54, 1.807) is 6.92 Å². The second-order valence-electron chi connectivity index (χ2n) is 6.72. The van der Waals surface area contributed by atoms with Gasteiger partial charge in [0.2, 0.25) is 6.29 Å². The maximum atomic E-state index is 11.4. The lowest BCUT2D eigenvalue weighted by Gasteiger charge is -2.56. The van der Waals surface area contributed by atoms with Gasteiger partial charge >= 0.3 is 5.97 Å². The Balaban J connectivity index is 1.63. The van der Waals surface area contributed by atoms with E-state index in [1.807, 2.05) is 0 Å². The van der Waals surface area contributed by atoms with Crippen LogP contribution in [-0.4, -0.2) is 17.9 Å². The van der Waals surface area contributed by atoms with Gasteiger partial charge in [-0.25, -0.2) is 4.79 Å². The lowest BCUT2D eigenvalue weighted by atomic mass is 9.54. The number of esters is 1. The van der Waals surface area contributed by atoms with Gasteiger partial charge in [-0.15, -0.1) is 0 Å². The van der Waals surface area contributed by atoms with Crippen molar-refractivity contribution in [1.82, 2.24) is 0 Å². The predicted molar refractivity (Wildman–Crippen MR) is 70.9 cm³/mol. The molecule has 4 heteroatoms. The molecule has 4 fully saturated rings. The van der Waals surface area contributed by atoms with E-state index in [0.29, 0.717) is 0 Å². The first-order valence-electron chi connectivity index (χ1n) is 7.29. The Morgan fingerprint density at radius 1 is 1.21 bits per heavy atom. The van der Waals surface area contributed by atoms with Crippen LogP contribution in [0.15, 0.2) is 12.3 Å². The van der Waals surface area contributed by atoms with E-state index in [0.717, 1.165) is 37.0 Å². The summed E-state index contributed by atoms with van der Waals surface area (Å²) in [7, 11) is 0. The molecule has 4 rings (SSSR count). The van der Waals surface area contributed by atoms with Gasteiger partial charge < -0.3 is 15.2 Å². The first-order valence-corrected chi connectivity index (χ1v) is 7.29. The molecule has 19 heavy (non-hydrogen) atoms. The van der Waals surface area contributed by atoms with Crippen LogP contribution in [0, 0.1) is 17.8 Å². The van der Waals surface area contributed by atoms with E-state index in [2.05, 4.69) is 6.58 Å². The summed E-state index contributed by atoms with van der Waals surface area (Å²) in [5, 5.41) is 0. The van der Waals surface area contributed by atoms with Gasteiger partial charge in [-0.2, -0.15) is 0 Å². The molecule has 2 N–H and O–H groups in total. The van der Waals surface area contributed by atoms with Crippen molar-refractivity contribution in [3.05, 3.63) is 12.3 Å². The molecular formula is C15H23NO3. The standard InChI is InChI=1S/C15H23NO3/c1-9(16)14(17)18-10(2)19-15-6-11-3-12(7-15)5-13(4-11)8-15/h10-13H,1,3-8,16H2,2H3. The van der Waals surface area contributed by atoms with Crippen LogP contribution < -0.4 is 5.73 Å². The van der Waals surface area contributed by atoms with Crippen molar-refractivity contribution in [3.63, 3.8) is 0 Å². The van der Waals surface area contributed by atoms with E-state index < -0.39 is 12.3 Å². The van der Waals surface area contributed by atoms with Crippen LogP contribution in [-0.2, 0) is 14.3 Å². The third-order valence-corrected chi connectivity index (χ3v) is 4.93. The number of carbonyl (C=O) groups is 1. The largest absolute Gasteiger partial charge is 0.431 e. The van der Waals surface area contributed by atoms with Crippen molar-refractivity contribution in [2.24, 2.45) is 23.5 Å². The Bertz CT molecular complexity index is 369. The fraction of sp³-hybridized carbons (Fsp3) is 0.800. The number of hydrogen-bond acceptors (Lipinski definition) is 4. The molecule has 0 saturated heterocycles. The van der Waals surface area contributed by atoms with Crippen LogP contribution >= 0.6 is 0 Å². The van der Waals surface area contributed by atoms with Crippen molar-refractivity contribution < 1.29 is 14.3 Å². The molecular weight excluding hydrogens is 242 g/mol. The molecule has 4 aliphatic rings. The highest BCUT2D eigenvalue weighted by molar-refractivity contribution is 5.86. The summed E-state index contributed by atoms with van der Waals surface area (Å²) >= 11 is 0. The molecule has 1 atom stereocenters. The van der Waals surface area contributed by atoms with Crippen molar-refractivity contribution >= 4 is 5.97 Å². The van der Waals surface area contributed by atoms with Crippen molar-refractivity contribution in [2.75, 3.05) is 0 Å². The first kappa shape index (κ1) is 13.0. The zero-order valence-electron chi connectivity index (χ0n) is 11.6. The lowest BCUT2D eigenvalue weighted by Crippen LogP contribution is -2.53. The van der Waals surface area contributed by atoms with E-state index >= 15 is 0 Å². The summed E-state index contributed by atoms with van der Waals surface area (Å²) in [5.41, 5.74) is 5.20. The minimum Gasteiger partial charge on any atom is -0.431 e. The van der Waals surface area contributed by atoms with Crippen LogP contribution in [0.25, 0.3) is 0 Å². The molecule has 106 valence electrons. The second-order valence-corrected chi connectivity index (χ2v) is 6.72. The highest BCUT2D eigenvalue weighted by Gasteiger charge is 2.52. The summed E-state index contributed by atoms with van der Waals surface area (Å²) in [6, 6.07) is 0. The minimum atomic E-state index is -0.572. The maximum absolute atomic E-state index is 11.4. The SMILES string of the molecule is C=C(N)C(=O)OC(C)OC12CC3CC(CC(C3)C1)C2. The molecule has 0 amide bonds. The molecule has 0 spiro atoms. The van der Waals surface area contributed by atoms with Gasteiger partial charge in [-0.05, 0) is 63.2 Å². The first-order chi connectivity index (χ1) is 8.96. The minimum absolute atomic E-state index is 0.0512. The van der Waals surface area contributed by atoms with E-state index in [-0.39, 0.29) is 11.3 Å². The van der Waals surface area contributed by atoms with Crippen molar-refractivity contribution in [1.29, 1.82) is 0 Å². The van der Waals surface area contributed by atoms with E-state index in [1.165, 1.54) is 19.3 Å². The smallest absolute Gasteiger partial charge is 0.355 e. The summed E-state index contributed by atoms with van der Waals surface area (Å²) in [6.07, 6.45) is 6.96. The fourth-order valence-electron chi connectivity index (χ4n) is 4.78. The molecule has 4 aliphatic carbocycles. The highest BCUT2D eigenvalue weighted by atomic mass is 16.7. The van der Waals surface area contributed by atoms with Gasteiger partial charge in [0.15, 0.2) is 0 Å². The predicted octanol–water partition coefficient (Wildman–Crippen LogP) is 2.33.